The highest BCUT2D eigenvalue weighted by atomic mass is 16.5. The lowest BCUT2D eigenvalue weighted by molar-refractivity contribution is -0.00585. The molecule has 1 saturated heterocycles. The Bertz CT molecular complexity index is 342. The molecule has 21 heavy (non-hydrogen) atoms. The van der Waals surface area contributed by atoms with E-state index in [1.165, 1.54) is 12.8 Å². The SMILES string of the molecule is CCNC(=O)N1[C@H](C)C[C@H](N)[C@@H]1COC1CCC(C)CC1. The van der Waals surface area contributed by atoms with Crippen LogP contribution in [0.4, 0.5) is 4.79 Å². The predicted molar refractivity (Wildman–Crippen MR) is 84.1 cm³/mol. The molecule has 2 rings (SSSR count). The van der Waals surface area contributed by atoms with Gasteiger partial charge in [-0.3, -0.25) is 0 Å². The molecule has 5 heteroatoms. The van der Waals surface area contributed by atoms with Crippen LogP contribution < -0.4 is 11.1 Å². The average molecular weight is 297 g/mol. The normalized spacial score (nSPS) is 36.8. The molecule has 0 unspecified atom stereocenters. The molecule has 0 bridgehead atoms. The minimum atomic E-state index is -0.0104. The number of likely N-dealkylation sites (tertiary alicyclic amines) is 1. The van der Waals surface area contributed by atoms with Gasteiger partial charge in [0.25, 0.3) is 0 Å². The van der Waals surface area contributed by atoms with Gasteiger partial charge < -0.3 is 20.7 Å². The largest absolute Gasteiger partial charge is 0.376 e. The Hall–Kier alpha value is -0.810. The molecule has 1 saturated carbocycles. The Morgan fingerprint density at radius 3 is 2.57 bits per heavy atom. The number of rotatable bonds is 4. The third-order valence-corrected chi connectivity index (χ3v) is 4.97. The summed E-state index contributed by atoms with van der Waals surface area (Å²) >= 11 is 0. The zero-order valence-electron chi connectivity index (χ0n) is 13.7. The highest BCUT2D eigenvalue weighted by molar-refractivity contribution is 5.75. The first-order chi connectivity index (χ1) is 10.0. The molecule has 0 aromatic heterocycles. The third-order valence-electron chi connectivity index (χ3n) is 4.97. The number of carbonyl (C=O) groups is 1. The molecule has 0 radical (unpaired) electrons. The van der Waals surface area contributed by atoms with Crippen LogP contribution in [0.25, 0.3) is 0 Å². The number of nitrogens with two attached hydrogens (primary N) is 1. The first-order valence-electron chi connectivity index (χ1n) is 8.46. The fraction of sp³-hybridized carbons (Fsp3) is 0.938. The number of nitrogens with zero attached hydrogens (tertiary/aromatic N) is 1. The van der Waals surface area contributed by atoms with Crippen molar-refractivity contribution in [3.8, 4) is 0 Å². The lowest BCUT2D eigenvalue weighted by Crippen LogP contribution is -2.51. The van der Waals surface area contributed by atoms with Gasteiger partial charge in [0.15, 0.2) is 0 Å². The van der Waals surface area contributed by atoms with Gasteiger partial charge in [0.2, 0.25) is 0 Å². The summed E-state index contributed by atoms with van der Waals surface area (Å²) in [6.45, 7) is 7.53. The highest BCUT2D eigenvalue weighted by Crippen LogP contribution is 2.28. The minimum absolute atomic E-state index is 0.00546. The summed E-state index contributed by atoms with van der Waals surface area (Å²) in [6.07, 6.45) is 5.97. The van der Waals surface area contributed by atoms with Crippen LogP contribution >= 0.6 is 0 Å². The van der Waals surface area contributed by atoms with Crippen molar-refractivity contribution < 1.29 is 9.53 Å². The van der Waals surface area contributed by atoms with Crippen LogP contribution in [-0.2, 0) is 4.74 Å². The first kappa shape index (κ1) is 16.6. The van der Waals surface area contributed by atoms with E-state index >= 15 is 0 Å². The second-order valence-electron chi connectivity index (χ2n) is 6.77. The molecule has 2 aliphatic rings. The maximum absolute atomic E-state index is 12.2. The lowest BCUT2D eigenvalue weighted by atomic mass is 9.89. The number of nitrogens with one attached hydrogen (secondary N) is 1. The summed E-state index contributed by atoms with van der Waals surface area (Å²) in [4.78, 5) is 14.1. The van der Waals surface area contributed by atoms with E-state index in [1.807, 2.05) is 11.8 Å². The zero-order chi connectivity index (χ0) is 15.4. The van der Waals surface area contributed by atoms with Gasteiger partial charge in [-0.25, -0.2) is 4.79 Å². The summed E-state index contributed by atoms with van der Waals surface area (Å²) in [6, 6.07) is 0.200. The molecule has 0 spiro atoms. The van der Waals surface area contributed by atoms with Crippen molar-refractivity contribution in [1.82, 2.24) is 10.2 Å². The molecular formula is C16H31N3O2. The molecule has 1 aliphatic carbocycles. The van der Waals surface area contributed by atoms with Crippen molar-refractivity contribution in [2.75, 3.05) is 13.2 Å². The van der Waals surface area contributed by atoms with Crippen LogP contribution in [0.5, 0.6) is 0 Å². The Morgan fingerprint density at radius 2 is 1.95 bits per heavy atom. The number of amides is 2. The van der Waals surface area contributed by atoms with Gasteiger partial charge in [0.05, 0.1) is 18.8 Å². The number of carbonyl (C=O) groups excluding carboxylic acids is 1. The fourth-order valence-electron chi connectivity index (χ4n) is 3.63. The maximum Gasteiger partial charge on any atom is 0.318 e. The Balaban J connectivity index is 1.88. The van der Waals surface area contributed by atoms with Crippen LogP contribution in [0.1, 0.15) is 52.9 Å². The molecule has 3 atom stereocenters. The van der Waals surface area contributed by atoms with Crippen molar-refractivity contribution in [3.05, 3.63) is 0 Å². The number of hydrogen-bond acceptors (Lipinski definition) is 3. The minimum Gasteiger partial charge on any atom is -0.376 e. The van der Waals surface area contributed by atoms with Crippen LogP contribution in [0.2, 0.25) is 0 Å². The summed E-state index contributed by atoms with van der Waals surface area (Å²) in [5.41, 5.74) is 6.23. The first-order valence-corrected chi connectivity index (χ1v) is 8.46. The lowest BCUT2D eigenvalue weighted by Gasteiger charge is -2.32. The van der Waals surface area contributed by atoms with Gasteiger partial charge in [0, 0.05) is 18.6 Å². The van der Waals surface area contributed by atoms with Gasteiger partial charge in [0.1, 0.15) is 0 Å². The van der Waals surface area contributed by atoms with Crippen molar-refractivity contribution in [2.24, 2.45) is 11.7 Å². The summed E-state index contributed by atoms with van der Waals surface area (Å²) in [7, 11) is 0. The molecular weight excluding hydrogens is 266 g/mol. The van der Waals surface area contributed by atoms with Gasteiger partial charge in [-0.15, -0.1) is 0 Å². The van der Waals surface area contributed by atoms with E-state index in [-0.39, 0.29) is 24.2 Å². The Kier molecular flexibility index (Phi) is 5.88. The number of urea groups is 1. The molecule has 5 nitrogen and oxygen atoms in total. The smallest absolute Gasteiger partial charge is 0.318 e. The van der Waals surface area contributed by atoms with Crippen molar-refractivity contribution in [1.29, 1.82) is 0 Å². The Morgan fingerprint density at radius 1 is 1.29 bits per heavy atom. The predicted octanol–water partition coefficient (Wildman–Crippen LogP) is 2.10. The Labute approximate surface area is 128 Å². The van der Waals surface area contributed by atoms with Crippen molar-refractivity contribution in [3.63, 3.8) is 0 Å². The van der Waals surface area contributed by atoms with Gasteiger partial charge in [-0.1, -0.05) is 6.92 Å². The average Bonchev–Trinajstić information content (AvgIpc) is 2.72. The molecule has 122 valence electrons. The van der Waals surface area contributed by atoms with Crippen LogP contribution in [-0.4, -0.2) is 48.3 Å². The topological polar surface area (TPSA) is 67.6 Å². The second-order valence-corrected chi connectivity index (χ2v) is 6.77. The van der Waals surface area contributed by atoms with E-state index in [4.69, 9.17) is 10.5 Å². The van der Waals surface area contributed by atoms with E-state index < -0.39 is 0 Å². The molecule has 2 amide bonds. The summed E-state index contributed by atoms with van der Waals surface area (Å²) < 4.78 is 6.09. The zero-order valence-corrected chi connectivity index (χ0v) is 13.7. The maximum atomic E-state index is 12.2. The van der Waals surface area contributed by atoms with Gasteiger partial charge in [-0.2, -0.15) is 0 Å². The van der Waals surface area contributed by atoms with E-state index in [1.54, 1.807) is 0 Å². The van der Waals surface area contributed by atoms with Crippen LogP contribution in [0.15, 0.2) is 0 Å². The monoisotopic (exact) mass is 297 g/mol. The molecule has 1 aliphatic heterocycles. The number of ether oxygens (including phenoxy) is 1. The van der Waals surface area contributed by atoms with Gasteiger partial charge in [-0.05, 0) is 51.9 Å². The van der Waals surface area contributed by atoms with Crippen molar-refractivity contribution in [2.45, 2.75) is 77.1 Å². The van der Waals surface area contributed by atoms with E-state index in [0.717, 1.165) is 25.2 Å². The standard InChI is InChI=1S/C16H31N3O2/c1-4-18-16(20)19-12(3)9-14(17)15(19)10-21-13-7-5-11(2)6-8-13/h11-15H,4-10,17H2,1-3H3,(H,18,20)/t11?,12-,13?,14+,15+/m1/s1. The second kappa shape index (κ2) is 7.45. The van der Waals surface area contributed by atoms with Crippen LogP contribution in [0.3, 0.4) is 0 Å². The molecule has 2 fully saturated rings. The van der Waals surface area contributed by atoms with Crippen LogP contribution in [0, 0.1) is 5.92 Å². The van der Waals surface area contributed by atoms with E-state index in [2.05, 4.69) is 19.2 Å². The quantitative estimate of drug-likeness (QED) is 0.835. The van der Waals surface area contributed by atoms with Crippen molar-refractivity contribution >= 4 is 6.03 Å². The fourth-order valence-corrected chi connectivity index (χ4v) is 3.63. The van der Waals surface area contributed by atoms with E-state index in [0.29, 0.717) is 19.3 Å². The molecule has 3 N–H and O–H groups in total. The molecule has 1 heterocycles. The molecule has 0 aromatic rings. The van der Waals surface area contributed by atoms with Gasteiger partial charge >= 0.3 is 6.03 Å². The van der Waals surface area contributed by atoms with E-state index in [9.17, 15) is 4.79 Å². The number of hydrogen-bond donors (Lipinski definition) is 2. The summed E-state index contributed by atoms with van der Waals surface area (Å²) in [5.74, 6) is 0.824. The highest BCUT2D eigenvalue weighted by Gasteiger charge is 2.40. The molecule has 0 aromatic carbocycles. The summed E-state index contributed by atoms with van der Waals surface area (Å²) in [5, 5.41) is 2.89. The third kappa shape index (κ3) is 4.10.